The van der Waals surface area contributed by atoms with Crippen LogP contribution >= 0.6 is 27.3 Å². The Kier molecular flexibility index (Phi) is 5.51. The van der Waals surface area contributed by atoms with Crippen molar-refractivity contribution in [1.29, 1.82) is 0 Å². The molecule has 0 radical (unpaired) electrons. The van der Waals surface area contributed by atoms with Gasteiger partial charge in [-0.15, -0.1) is 0 Å². The molecule has 1 amide bonds. The van der Waals surface area contributed by atoms with E-state index in [1.54, 1.807) is 15.6 Å². The van der Waals surface area contributed by atoms with E-state index in [1.807, 2.05) is 45.4 Å². The number of carbonyl (C=O) groups is 1. The number of rotatable bonds is 6. The van der Waals surface area contributed by atoms with Crippen molar-refractivity contribution in [3.8, 4) is 0 Å². The van der Waals surface area contributed by atoms with Gasteiger partial charge in [-0.25, -0.2) is 4.98 Å². The fraction of sp³-hybridized carbons (Fsp3) is 0.353. The first-order valence-electron chi connectivity index (χ1n) is 8.04. The number of halogens is 1. The number of hydrogen-bond acceptors (Lipinski definition) is 5. The first-order chi connectivity index (χ1) is 12.0. The van der Waals surface area contributed by atoms with E-state index in [9.17, 15) is 4.79 Å². The number of aromatic nitrogens is 3. The molecule has 0 unspecified atom stereocenters. The molecule has 0 spiro atoms. The van der Waals surface area contributed by atoms with Crippen LogP contribution in [0.3, 0.4) is 0 Å². The molecule has 0 saturated carbocycles. The molecule has 1 aromatic carbocycles. The SMILES string of the molecule is CCn1ccc(C(=O)N(CCN(C)C)c2nc3ccc(Br)cc3s2)n1. The van der Waals surface area contributed by atoms with E-state index in [2.05, 4.69) is 30.9 Å². The Morgan fingerprint density at radius 2 is 2.08 bits per heavy atom. The third-order valence-electron chi connectivity index (χ3n) is 3.77. The van der Waals surface area contributed by atoms with Crippen LogP contribution in [-0.4, -0.2) is 52.8 Å². The van der Waals surface area contributed by atoms with Crippen molar-refractivity contribution in [3.05, 3.63) is 40.6 Å². The molecular weight excluding hydrogens is 402 g/mol. The van der Waals surface area contributed by atoms with Gasteiger partial charge in [0.2, 0.25) is 0 Å². The highest BCUT2D eigenvalue weighted by molar-refractivity contribution is 9.10. The number of likely N-dealkylation sites (N-methyl/N-ethyl adjacent to an activating group) is 1. The number of anilines is 1. The van der Waals surface area contributed by atoms with E-state index in [4.69, 9.17) is 0 Å². The van der Waals surface area contributed by atoms with Crippen molar-refractivity contribution in [2.45, 2.75) is 13.5 Å². The second-order valence-corrected chi connectivity index (χ2v) is 7.85. The van der Waals surface area contributed by atoms with Gasteiger partial charge in [0, 0.05) is 30.3 Å². The molecule has 0 atom stereocenters. The number of carbonyl (C=O) groups excluding carboxylic acids is 1. The van der Waals surface area contributed by atoms with Crippen molar-refractivity contribution < 1.29 is 4.79 Å². The molecule has 0 aliphatic heterocycles. The monoisotopic (exact) mass is 421 g/mol. The second kappa shape index (κ2) is 7.63. The second-order valence-electron chi connectivity index (χ2n) is 5.93. The summed E-state index contributed by atoms with van der Waals surface area (Å²) in [6.45, 7) is 4.04. The first kappa shape index (κ1) is 18.0. The molecule has 0 fully saturated rings. The standard InChI is InChI=1S/C17H20BrN5OS/c1-4-22-8-7-14(20-22)16(24)23(10-9-21(2)3)17-19-13-6-5-12(18)11-15(13)25-17/h5-8,11H,4,9-10H2,1-3H3. The minimum Gasteiger partial charge on any atom is -0.308 e. The smallest absolute Gasteiger partial charge is 0.280 e. The Morgan fingerprint density at radius 3 is 2.76 bits per heavy atom. The zero-order valence-corrected chi connectivity index (χ0v) is 16.8. The van der Waals surface area contributed by atoms with Crippen LogP contribution in [0, 0.1) is 0 Å². The van der Waals surface area contributed by atoms with Gasteiger partial charge in [0.15, 0.2) is 10.8 Å². The molecule has 25 heavy (non-hydrogen) atoms. The Morgan fingerprint density at radius 1 is 1.28 bits per heavy atom. The highest BCUT2D eigenvalue weighted by Gasteiger charge is 2.23. The lowest BCUT2D eigenvalue weighted by Crippen LogP contribution is -2.37. The molecule has 3 rings (SSSR count). The predicted molar refractivity (Wildman–Crippen MR) is 105 cm³/mol. The summed E-state index contributed by atoms with van der Waals surface area (Å²) < 4.78 is 3.81. The van der Waals surface area contributed by atoms with Crippen molar-refractivity contribution in [2.24, 2.45) is 0 Å². The van der Waals surface area contributed by atoms with Crippen LogP contribution in [0.2, 0.25) is 0 Å². The number of hydrogen-bond donors (Lipinski definition) is 0. The quantitative estimate of drug-likeness (QED) is 0.611. The maximum absolute atomic E-state index is 13.0. The van der Waals surface area contributed by atoms with Gasteiger partial charge in [-0.1, -0.05) is 27.3 Å². The van der Waals surface area contributed by atoms with Crippen molar-refractivity contribution in [1.82, 2.24) is 19.7 Å². The molecule has 132 valence electrons. The van der Waals surface area contributed by atoms with Gasteiger partial charge in [0.1, 0.15) is 0 Å². The summed E-state index contributed by atoms with van der Waals surface area (Å²) in [7, 11) is 3.98. The van der Waals surface area contributed by atoms with E-state index in [1.165, 1.54) is 11.3 Å². The minimum atomic E-state index is -0.118. The van der Waals surface area contributed by atoms with Crippen LogP contribution in [0.1, 0.15) is 17.4 Å². The normalized spacial score (nSPS) is 11.4. The fourth-order valence-corrected chi connectivity index (χ4v) is 3.92. The van der Waals surface area contributed by atoms with Crippen LogP contribution in [0.25, 0.3) is 10.2 Å². The zero-order valence-electron chi connectivity index (χ0n) is 14.4. The summed E-state index contributed by atoms with van der Waals surface area (Å²) in [6.07, 6.45) is 1.83. The van der Waals surface area contributed by atoms with E-state index >= 15 is 0 Å². The van der Waals surface area contributed by atoms with Gasteiger partial charge in [0.25, 0.3) is 5.91 Å². The lowest BCUT2D eigenvalue weighted by atomic mass is 10.3. The zero-order chi connectivity index (χ0) is 18.0. The van der Waals surface area contributed by atoms with Crippen LogP contribution in [-0.2, 0) is 6.54 Å². The van der Waals surface area contributed by atoms with Crippen molar-refractivity contribution in [2.75, 3.05) is 32.1 Å². The molecule has 0 bridgehead atoms. The molecule has 0 saturated heterocycles. The summed E-state index contributed by atoms with van der Waals surface area (Å²) in [5.74, 6) is -0.118. The fourth-order valence-electron chi connectivity index (χ4n) is 2.38. The Labute approximate surface area is 159 Å². The van der Waals surface area contributed by atoms with E-state index < -0.39 is 0 Å². The lowest BCUT2D eigenvalue weighted by Gasteiger charge is -2.21. The molecular formula is C17H20BrN5OS. The highest BCUT2D eigenvalue weighted by atomic mass is 79.9. The summed E-state index contributed by atoms with van der Waals surface area (Å²) in [5.41, 5.74) is 1.34. The van der Waals surface area contributed by atoms with Gasteiger partial charge >= 0.3 is 0 Å². The molecule has 8 heteroatoms. The van der Waals surface area contributed by atoms with Crippen LogP contribution in [0.4, 0.5) is 5.13 Å². The van der Waals surface area contributed by atoms with Crippen LogP contribution in [0.15, 0.2) is 34.9 Å². The number of amides is 1. The van der Waals surface area contributed by atoms with E-state index in [0.717, 1.165) is 27.8 Å². The van der Waals surface area contributed by atoms with Gasteiger partial charge in [0.05, 0.1) is 10.2 Å². The summed E-state index contributed by atoms with van der Waals surface area (Å²) in [5, 5.41) is 5.05. The molecule has 0 aliphatic rings. The van der Waals surface area contributed by atoms with E-state index in [0.29, 0.717) is 17.4 Å². The molecule has 6 nitrogen and oxygen atoms in total. The maximum atomic E-state index is 13.0. The molecule has 0 aliphatic carbocycles. The molecule has 3 aromatic rings. The summed E-state index contributed by atoms with van der Waals surface area (Å²) >= 11 is 5.00. The Hall–Kier alpha value is -1.77. The first-order valence-corrected chi connectivity index (χ1v) is 9.65. The Bertz CT molecular complexity index is 888. The topological polar surface area (TPSA) is 54.3 Å². The third kappa shape index (κ3) is 4.08. The molecule has 0 N–H and O–H groups in total. The third-order valence-corrected chi connectivity index (χ3v) is 5.30. The largest absolute Gasteiger partial charge is 0.308 e. The Balaban J connectivity index is 1.95. The number of nitrogens with zero attached hydrogens (tertiary/aromatic N) is 5. The predicted octanol–water partition coefficient (Wildman–Crippen LogP) is 3.48. The average molecular weight is 422 g/mol. The van der Waals surface area contributed by atoms with Crippen LogP contribution < -0.4 is 4.90 Å². The highest BCUT2D eigenvalue weighted by Crippen LogP contribution is 2.31. The van der Waals surface area contributed by atoms with Crippen LogP contribution in [0.5, 0.6) is 0 Å². The maximum Gasteiger partial charge on any atom is 0.280 e. The summed E-state index contributed by atoms with van der Waals surface area (Å²) in [4.78, 5) is 21.4. The molecule has 2 heterocycles. The van der Waals surface area contributed by atoms with Gasteiger partial charge < -0.3 is 4.90 Å². The van der Waals surface area contributed by atoms with Gasteiger partial charge in [-0.3, -0.25) is 14.4 Å². The lowest BCUT2D eigenvalue weighted by molar-refractivity contribution is 0.0979. The number of benzene rings is 1. The van der Waals surface area contributed by atoms with Crippen molar-refractivity contribution in [3.63, 3.8) is 0 Å². The molecule has 2 aromatic heterocycles. The minimum absolute atomic E-state index is 0.118. The number of fused-ring (bicyclic) bond motifs is 1. The van der Waals surface area contributed by atoms with Crippen molar-refractivity contribution >= 4 is 48.5 Å². The van der Waals surface area contributed by atoms with Gasteiger partial charge in [-0.2, -0.15) is 5.10 Å². The van der Waals surface area contributed by atoms with Gasteiger partial charge in [-0.05, 0) is 45.3 Å². The number of aryl methyl sites for hydroxylation is 1. The number of thiazole rings is 1. The summed E-state index contributed by atoms with van der Waals surface area (Å²) in [6, 6.07) is 7.70. The average Bonchev–Trinajstić information content (AvgIpc) is 3.20. The van der Waals surface area contributed by atoms with E-state index in [-0.39, 0.29) is 5.91 Å².